The molecule has 0 unspecified atom stereocenters. The van der Waals surface area contributed by atoms with E-state index in [1.165, 1.54) is 18.2 Å². The molecule has 0 spiro atoms. The molecular formula is C19H15F3N2O2. The largest absolute Gasteiger partial charge is 0.573 e. The summed E-state index contributed by atoms with van der Waals surface area (Å²) in [7, 11) is 0. The van der Waals surface area contributed by atoms with E-state index < -0.39 is 18.0 Å². The van der Waals surface area contributed by atoms with Gasteiger partial charge in [-0.05, 0) is 24.1 Å². The first kappa shape index (κ1) is 19.1. The highest BCUT2D eigenvalue weighted by molar-refractivity contribution is 6.01. The smallest absolute Gasteiger partial charge is 0.405 e. The normalized spacial score (nSPS) is 11.5. The van der Waals surface area contributed by atoms with E-state index >= 15 is 0 Å². The number of alkyl halides is 3. The SMILES string of the molecule is N#C/C(=C\c1ccccc1OC(F)(F)F)C(=O)NCCc1ccccc1. The molecule has 4 nitrogen and oxygen atoms in total. The summed E-state index contributed by atoms with van der Waals surface area (Å²) in [5.74, 6) is -1.14. The Morgan fingerprint density at radius 2 is 1.77 bits per heavy atom. The van der Waals surface area contributed by atoms with E-state index in [0.717, 1.165) is 17.7 Å². The summed E-state index contributed by atoms with van der Waals surface area (Å²) in [6.07, 6.45) is -3.23. The fourth-order valence-corrected chi connectivity index (χ4v) is 2.18. The highest BCUT2D eigenvalue weighted by atomic mass is 19.4. The van der Waals surface area contributed by atoms with Crippen LogP contribution in [0.3, 0.4) is 0 Å². The lowest BCUT2D eigenvalue weighted by molar-refractivity contribution is -0.274. The zero-order valence-electron chi connectivity index (χ0n) is 13.6. The van der Waals surface area contributed by atoms with Gasteiger partial charge >= 0.3 is 6.36 Å². The Morgan fingerprint density at radius 3 is 2.42 bits per heavy atom. The van der Waals surface area contributed by atoms with Crippen LogP contribution < -0.4 is 10.1 Å². The number of nitrogens with one attached hydrogen (secondary N) is 1. The molecule has 0 aromatic heterocycles. The minimum atomic E-state index is -4.87. The summed E-state index contributed by atoms with van der Waals surface area (Å²) in [6, 6.07) is 16.4. The lowest BCUT2D eigenvalue weighted by atomic mass is 10.1. The van der Waals surface area contributed by atoms with E-state index in [9.17, 15) is 18.0 Å². The lowest BCUT2D eigenvalue weighted by Gasteiger charge is -2.11. The number of ether oxygens (including phenoxy) is 1. The summed E-state index contributed by atoms with van der Waals surface area (Å²) in [6.45, 7) is 0.294. The molecule has 2 aromatic carbocycles. The Kier molecular flexibility index (Phi) is 6.39. The number of carbonyl (C=O) groups excluding carboxylic acids is 1. The van der Waals surface area contributed by atoms with Gasteiger partial charge in [0.2, 0.25) is 0 Å². The highest BCUT2D eigenvalue weighted by Crippen LogP contribution is 2.27. The van der Waals surface area contributed by atoms with Crippen LogP contribution in [0.15, 0.2) is 60.2 Å². The fourth-order valence-electron chi connectivity index (χ4n) is 2.18. The second-order valence-electron chi connectivity index (χ2n) is 5.25. The molecule has 2 aromatic rings. The van der Waals surface area contributed by atoms with Crippen molar-refractivity contribution in [2.45, 2.75) is 12.8 Å². The van der Waals surface area contributed by atoms with Crippen molar-refractivity contribution in [1.82, 2.24) is 5.32 Å². The molecule has 0 aliphatic heterocycles. The average molecular weight is 360 g/mol. The first-order chi connectivity index (χ1) is 12.4. The van der Waals surface area contributed by atoms with Crippen molar-refractivity contribution >= 4 is 12.0 Å². The van der Waals surface area contributed by atoms with Gasteiger partial charge in [-0.25, -0.2) is 0 Å². The standard InChI is InChI=1S/C19H15F3N2O2/c20-19(21,22)26-17-9-5-4-8-15(17)12-16(13-23)18(25)24-11-10-14-6-2-1-3-7-14/h1-9,12H,10-11H2,(H,24,25)/b16-12+. The molecular weight excluding hydrogens is 345 g/mol. The van der Waals surface area contributed by atoms with Crippen LogP contribution in [0.25, 0.3) is 6.08 Å². The third-order valence-corrected chi connectivity index (χ3v) is 3.35. The second kappa shape index (κ2) is 8.72. The molecule has 0 saturated heterocycles. The average Bonchev–Trinajstić information content (AvgIpc) is 2.60. The maximum absolute atomic E-state index is 12.4. The van der Waals surface area contributed by atoms with Crippen LogP contribution in [0.2, 0.25) is 0 Å². The zero-order valence-corrected chi connectivity index (χ0v) is 13.6. The van der Waals surface area contributed by atoms with Crippen molar-refractivity contribution in [2.75, 3.05) is 6.54 Å². The van der Waals surface area contributed by atoms with Crippen LogP contribution in [-0.2, 0) is 11.2 Å². The lowest BCUT2D eigenvalue weighted by Crippen LogP contribution is -2.26. The molecule has 1 amide bonds. The minimum Gasteiger partial charge on any atom is -0.405 e. The zero-order chi connectivity index (χ0) is 19.0. The predicted molar refractivity (Wildman–Crippen MR) is 89.9 cm³/mol. The number of hydrogen-bond acceptors (Lipinski definition) is 3. The number of nitriles is 1. The number of nitrogens with zero attached hydrogens (tertiary/aromatic N) is 1. The van der Waals surface area contributed by atoms with Crippen LogP contribution in [0.4, 0.5) is 13.2 Å². The van der Waals surface area contributed by atoms with Crippen LogP contribution >= 0.6 is 0 Å². The summed E-state index contributed by atoms with van der Waals surface area (Å²) in [4.78, 5) is 12.1. The second-order valence-corrected chi connectivity index (χ2v) is 5.25. The number of para-hydroxylation sites is 1. The van der Waals surface area contributed by atoms with E-state index in [2.05, 4.69) is 10.1 Å². The van der Waals surface area contributed by atoms with Crippen molar-refractivity contribution < 1.29 is 22.7 Å². The molecule has 134 valence electrons. The number of hydrogen-bond donors (Lipinski definition) is 1. The van der Waals surface area contributed by atoms with Crippen molar-refractivity contribution in [2.24, 2.45) is 0 Å². The van der Waals surface area contributed by atoms with E-state index in [4.69, 9.17) is 5.26 Å². The number of amides is 1. The molecule has 0 aliphatic carbocycles. The number of rotatable bonds is 6. The monoisotopic (exact) mass is 360 g/mol. The molecule has 0 atom stereocenters. The van der Waals surface area contributed by atoms with Crippen molar-refractivity contribution in [1.29, 1.82) is 5.26 Å². The summed E-state index contributed by atoms with van der Waals surface area (Å²) >= 11 is 0. The van der Waals surface area contributed by atoms with Crippen LogP contribution in [0.1, 0.15) is 11.1 Å². The van der Waals surface area contributed by atoms with Crippen LogP contribution in [0.5, 0.6) is 5.75 Å². The Labute approximate surface area is 148 Å². The summed E-state index contributed by atoms with van der Waals surface area (Å²) < 4.78 is 41.2. The first-order valence-electron chi connectivity index (χ1n) is 7.68. The molecule has 0 aliphatic rings. The number of carbonyl (C=O) groups is 1. The molecule has 0 radical (unpaired) electrons. The molecule has 0 bridgehead atoms. The highest BCUT2D eigenvalue weighted by Gasteiger charge is 2.31. The Hall–Kier alpha value is -3.27. The van der Waals surface area contributed by atoms with E-state index in [1.807, 2.05) is 30.3 Å². The van der Waals surface area contributed by atoms with Gasteiger partial charge in [0.1, 0.15) is 17.4 Å². The molecule has 1 N–H and O–H groups in total. The quantitative estimate of drug-likeness (QED) is 0.629. The number of halogens is 3. The molecule has 0 fully saturated rings. The van der Waals surface area contributed by atoms with Gasteiger partial charge in [-0.2, -0.15) is 5.26 Å². The minimum absolute atomic E-state index is 0.0143. The molecule has 26 heavy (non-hydrogen) atoms. The predicted octanol–water partition coefficient (Wildman–Crippen LogP) is 3.85. The van der Waals surface area contributed by atoms with E-state index in [-0.39, 0.29) is 11.1 Å². The van der Waals surface area contributed by atoms with E-state index in [0.29, 0.717) is 13.0 Å². The molecule has 0 heterocycles. The van der Waals surface area contributed by atoms with Gasteiger partial charge in [0.15, 0.2) is 0 Å². The maximum atomic E-state index is 12.4. The van der Waals surface area contributed by atoms with Gasteiger partial charge in [-0.3, -0.25) is 4.79 Å². The Morgan fingerprint density at radius 1 is 1.12 bits per heavy atom. The van der Waals surface area contributed by atoms with Gasteiger partial charge in [0, 0.05) is 12.1 Å². The van der Waals surface area contributed by atoms with Gasteiger partial charge < -0.3 is 10.1 Å². The van der Waals surface area contributed by atoms with Gasteiger partial charge in [0.05, 0.1) is 0 Å². The Balaban J connectivity index is 2.07. The van der Waals surface area contributed by atoms with Crippen molar-refractivity contribution in [3.05, 3.63) is 71.3 Å². The van der Waals surface area contributed by atoms with Crippen molar-refractivity contribution in [3.8, 4) is 11.8 Å². The third-order valence-electron chi connectivity index (χ3n) is 3.35. The molecule has 2 rings (SSSR count). The topological polar surface area (TPSA) is 62.1 Å². The molecule has 7 heteroatoms. The van der Waals surface area contributed by atoms with Gasteiger partial charge in [0.25, 0.3) is 5.91 Å². The van der Waals surface area contributed by atoms with Crippen LogP contribution in [0, 0.1) is 11.3 Å². The maximum Gasteiger partial charge on any atom is 0.573 e. The number of benzene rings is 2. The van der Waals surface area contributed by atoms with Gasteiger partial charge in [-0.15, -0.1) is 13.2 Å². The Bertz CT molecular complexity index is 825. The van der Waals surface area contributed by atoms with Gasteiger partial charge in [-0.1, -0.05) is 48.5 Å². The molecule has 0 saturated carbocycles. The summed E-state index contributed by atoms with van der Waals surface area (Å²) in [5, 5.41) is 11.7. The summed E-state index contributed by atoms with van der Waals surface area (Å²) in [5.41, 5.74) is 0.690. The fraction of sp³-hybridized carbons (Fsp3) is 0.158. The van der Waals surface area contributed by atoms with Crippen LogP contribution in [-0.4, -0.2) is 18.8 Å². The first-order valence-corrected chi connectivity index (χ1v) is 7.68. The third kappa shape index (κ3) is 5.98. The van der Waals surface area contributed by atoms with Crippen molar-refractivity contribution in [3.63, 3.8) is 0 Å². The van der Waals surface area contributed by atoms with E-state index in [1.54, 1.807) is 6.07 Å².